The van der Waals surface area contributed by atoms with Crippen LogP contribution in [0.3, 0.4) is 0 Å². The lowest BCUT2D eigenvalue weighted by Gasteiger charge is -2.38. The van der Waals surface area contributed by atoms with Gasteiger partial charge in [0.25, 0.3) is 0 Å². The fraction of sp³-hybridized carbons (Fsp3) is 1.00. The molecule has 1 heterocycles. The molecule has 1 aliphatic rings. The summed E-state index contributed by atoms with van der Waals surface area (Å²) in [6, 6.07) is 0. The smallest absolute Gasteiger partial charge is 0.0684 e. The van der Waals surface area contributed by atoms with Gasteiger partial charge in [-0.1, -0.05) is 13.8 Å². The summed E-state index contributed by atoms with van der Waals surface area (Å²) in [4.78, 5) is 0. The Balaban J connectivity index is 2.37. The van der Waals surface area contributed by atoms with Gasteiger partial charge in [-0.05, 0) is 45.2 Å². The molecule has 0 spiro atoms. The van der Waals surface area contributed by atoms with E-state index in [-0.39, 0.29) is 5.66 Å². The first-order valence-corrected chi connectivity index (χ1v) is 5.33. The number of hydrogen-bond acceptors (Lipinski definition) is 2. The molecule has 12 heavy (non-hydrogen) atoms. The van der Waals surface area contributed by atoms with E-state index >= 15 is 0 Å². The lowest BCUT2D eigenvalue weighted by Crippen LogP contribution is -2.58. The van der Waals surface area contributed by atoms with Crippen LogP contribution in [-0.4, -0.2) is 18.8 Å². The van der Waals surface area contributed by atoms with Crippen molar-refractivity contribution < 1.29 is 0 Å². The molecular weight excluding hydrogens is 148 g/mol. The Hall–Kier alpha value is -0.0800. The molecule has 0 radical (unpaired) electrons. The second-order valence-electron chi connectivity index (χ2n) is 3.75. The normalized spacial score (nSPS) is 30.5. The zero-order valence-electron chi connectivity index (χ0n) is 8.45. The molecule has 72 valence electrons. The van der Waals surface area contributed by atoms with E-state index in [0.29, 0.717) is 0 Å². The maximum Gasteiger partial charge on any atom is 0.0684 e. The average molecular weight is 170 g/mol. The molecule has 1 atom stereocenters. The molecule has 0 amide bonds. The largest absolute Gasteiger partial charge is 0.299 e. The van der Waals surface area contributed by atoms with Gasteiger partial charge in [-0.15, -0.1) is 0 Å². The molecule has 0 aromatic heterocycles. The van der Waals surface area contributed by atoms with Crippen molar-refractivity contribution in [1.82, 2.24) is 10.6 Å². The van der Waals surface area contributed by atoms with Crippen molar-refractivity contribution in [3.8, 4) is 0 Å². The maximum absolute atomic E-state index is 3.62. The van der Waals surface area contributed by atoms with Crippen molar-refractivity contribution in [2.24, 2.45) is 0 Å². The zero-order chi connectivity index (χ0) is 8.86. The van der Waals surface area contributed by atoms with Crippen molar-refractivity contribution in [3.05, 3.63) is 0 Å². The van der Waals surface area contributed by atoms with E-state index in [1.165, 1.54) is 38.6 Å². The van der Waals surface area contributed by atoms with E-state index in [4.69, 9.17) is 0 Å². The predicted octanol–water partition coefficient (Wildman–Crippen LogP) is 1.87. The van der Waals surface area contributed by atoms with Crippen molar-refractivity contribution in [1.29, 1.82) is 0 Å². The van der Waals surface area contributed by atoms with Gasteiger partial charge in [-0.3, -0.25) is 10.6 Å². The summed E-state index contributed by atoms with van der Waals surface area (Å²) < 4.78 is 0. The minimum Gasteiger partial charge on any atom is -0.299 e. The molecule has 0 aromatic carbocycles. The summed E-state index contributed by atoms with van der Waals surface area (Å²) in [6.45, 7) is 6.81. The first-order valence-electron chi connectivity index (χ1n) is 5.33. The maximum atomic E-state index is 3.62. The Morgan fingerprint density at radius 1 is 1.33 bits per heavy atom. The van der Waals surface area contributed by atoms with E-state index in [1.807, 2.05) is 0 Å². The van der Waals surface area contributed by atoms with Gasteiger partial charge in [0, 0.05) is 0 Å². The molecule has 2 nitrogen and oxygen atoms in total. The molecule has 2 N–H and O–H groups in total. The van der Waals surface area contributed by atoms with E-state index in [1.54, 1.807) is 0 Å². The highest BCUT2D eigenvalue weighted by atomic mass is 15.2. The number of rotatable bonds is 4. The van der Waals surface area contributed by atoms with Gasteiger partial charge in [-0.2, -0.15) is 0 Å². The highest BCUT2D eigenvalue weighted by Gasteiger charge is 2.27. The van der Waals surface area contributed by atoms with Crippen molar-refractivity contribution >= 4 is 0 Å². The van der Waals surface area contributed by atoms with Crippen LogP contribution in [0.1, 0.15) is 46.0 Å². The summed E-state index contributed by atoms with van der Waals surface area (Å²) >= 11 is 0. The molecule has 0 saturated carbocycles. The minimum atomic E-state index is 0.272. The van der Waals surface area contributed by atoms with E-state index in [0.717, 1.165) is 6.54 Å². The highest BCUT2D eigenvalue weighted by molar-refractivity contribution is 4.86. The molecule has 0 aliphatic carbocycles. The van der Waals surface area contributed by atoms with Crippen LogP contribution in [0.2, 0.25) is 0 Å². The summed E-state index contributed by atoms with van der Waals surface area (Å²) in [7, 11) is 0. The summed E-state index contributed by atoms with van der Waals surface area (Å²) in [6.07, 6.45) is 6.44. The summed E-state index contributed by atoms with van der Waals surface area (Å²) in [5.41, 5.74) is 0.272. The van der Waals surface area contributed by atoms with Gasteiger partial charge in [0.1, 0.15) is 0 Å². The van der Waals surface area contributed by atoms with Gasteiger partial charge in [0.05, 0.1) is 5.66 Å². The summed E-state index contributed by atoms with van der Waals surface area (Å²) in [5, 5.41) is 7.23. The highest BCUT2D eigenvalue weighted by Crippen LogP contribution is 2.19. The van der Waals surface area contributed by atoms with Crippen LogP contribution in [-0.2, 0) is 0 Å². The van der Waals surface area contributed by atoms with E-state index < -0.39 is 0 Å². The number of hydrogen-bond donors (Lipinski definition) is 2. The third kappa shape index (κ3) is 2.46. The number of piperidine rings is 1. The van der Waals surface area contributed by atoms with E-state index in [9.17, 15) is 0 Å². The molecule has 0 bridgehead atoms. The Kier molecular flexibility index (Phi) is 4.02. The Labute approximate surface area is 76.1 Å². The van der Waals surface area contributed by atoms with E-state index in [2.05, 4.69) is 24.5 Å². The monoisotopic (exact) mass is 170 g/mol. The van der Waals surface area contributed by atoms with Crippen LogP contribution in [0.25, 0.3) is 0 Å². The molecule has 0 aromatic rings. The van der Waals surface area contributed by atoms with Gasteiger partial charge < -0.3 is 0 Å². The topological polar surface area (TPSA) is 24.1 Å². The van der Waals surface area contributed by atoms with Crippen molar-refractivity contribution in [3.63, 3.8) is 0 Å². The van der Waals surface area contributed by atoms with Crippen LogP contribution >= 0.6 is 0 Å². The van der Waals surface area contributed by atoms with Crippen molar-refractivity contribution in [2.75, 3.05) is 13.1 Å². The fourth-order valence-corrected chi connectivity index (χ4v) is 1.91. The number of nitrogens with one attached hydrogen (secondary N) is 2. The Morgan fingerprint density at radius 2 is 2.17 bits per heavy atom. The first kappa shape index (κ1) is 10.0. The first-order chi connectivity index (χ1) is 5.83. The van der Waals surface area contributed by atoms with Gasteiger partial charge in [0.2, 0.25) is 0 Å². The molecule has 1 rings (SSSR count). The molecule has 2 heteroatoms. The second-order valence-corrected chi connectivity index (χ2v) is 3.75. The molecule has 1 saturated heterocycles. The molecule has 1 aliphatic heterocycles. The third-order valence-corrected chi connectivity index (χ3v) is 2.81. The Morgan fingerprint density at radius 3 is 2.67 bits per heavy atom. The SMILES string of the molecule is CCCNC1(CC)CCCCN1. The van der Waals surface area contributed by atoms with Crippen LogP contribution in [0, 0.1) is 0 Å². The van der Waals surface area contributed by atoms with Crippen LogP contribution in [0.5, 0.6) is 0 Å². The second kappa shape index (κ2) is 4.83. The quantitative estimate of drug-likeness (QED) is 0.673. The lowest BCUT2D eigenvalue weighted by molar-refractivity contribution is 0.193. The van der Waals surface area contributed by atoms with Gasteiger partial charge in [0.15, 0.2) is 0 Å². The van der Waals surface area contributed by atoms with Crippen LogP contribution in [0.15, 0.2) is 0 Å². The zero-order valence-corrected chi connectivity index (χ0v) is 8.45. The lowest BCUT2D eigenvalue weighted by atomic mass is 9.95. The van der Waals surface area contributed by atoms with Gasteiger partial charge >= 0.3 is 0 Å². The van der Waals surface area contributed by atoms with Crippen LogP contribution in [0.4, 0.5) is 0 Å². The summed E-state index contributed by atoms with van der Waals surface area (Å²) in [5.74, 6) is 0. The van der Waals surface area contributed by atoms with Gasteiger partial charge in [-0.25, -0.2) is 0 Å². The fourth-order valence-electron chi connectivity index (χ4n) is 1.91. The van der Waals surface area contributed by atoms with Crippen LogP contribution < -0.4 is 10.6 Å². The standard InChI is InChI=1S/C10H22N2/c1-3-8-11-10(4-2)7-5-6-9-12-10/h11-12H,3-9H2,1-2H3. The predicted molar refractivity (Wildman–Crippen MR) is 53.2 cm³/mol. The third-order valence-electron chi connectivity index (χ3n) is 2.81. The Bertz CT molecular complexity index is 117. The average Bonchev–Trinajstić information content (AvgIpc) is 2.16. The molecule has 1 fully saturated rings. The molecule has 1 unspecified atom stereocenters. The molecular formula is C10H22N2. The minimum absolute atomic E-state index is 0.272. The van der Waals surface area contributed by atoms with Crippen molar-refractivity contribution in [2.45, 2.75) is 51.6 Å².